The van der Waals surface area contributed by atoms with Gasteiger partial charge in [0.1, 0.15) is 12.6 Å². The zero-order chi connectivity index (χ0) is 24.2. The normalized spacial score (nSPS) is 19.9. The molecule has 0 bridgehead atoms. The first-order chi connectivity index (χ1) is 16.3. The molecule has 0 aromatic heterocycles. The first-order valence-corrected chi connectivity index (χ1v) is 12.0. The average Bonchev–Trinajstić information content (AvgIpc) is 3.37. The first kappa shape index (κ1) is 23.8. The highest BCUT2D eigenvalue weighted by atomic mass is 16.5. The van der Waals surface area contributed by atoms with Crippen molar-refractivity contribution in [3.8, 4) is 11.1 Å². The minimum atomic E-state index is -1.02. The zero-order valence-corrected chi connectivity index (χ0v) is 19.6. The number of hydrogen-bond acceptors (Lipinski definition) is 4. The van der Waals surface area contributed by atoms with E-state index in [-0.39, 0.29) is 42.7 Å². The maximum absolute atomic E-state index is 12.5. The Morgan fingerprint density at radius 1 is 1.00 bits per heavy atom. The SMILES string of the molecule is CC(C)[C@@H](NC(=O)CC1CCC(NC(=O)OCC2c3ccccc3-c3ccccc32)C1)C(=O)O. The summed E-state index contributed by atoms with van der Waals surface area (Å²) in [5.41, 5.74) is 4.72. The molecule has 2 unspecified atom stereocenters. The van der Waals surface area contributed by atoms with Crippen molar-refractivity contribution in [2.24, 2.45) is 11.8 Å². The molecular weight excluding hydrogens is 432 g/mol. The monoisotopic (exact) mass is 464 g/mol. The maximum Gasteiger partial charge on any atom is 0.407 e. The smallest absolute Gasteiger partial charge is 0.407 e. The molecule has 2 aromatic rings. The molecule has 3 atom stereocenters. The van der Waals surface area contributed by atoms with E-state index in [0.717, 1.165) is 12.8 Å². The lowest BCUT2D eigenvalue weighted by molar-refractivity contribution is -0.143. The molecule has 1 saturated carbocycles. The van der Waals surface area contributed by atoms with E-state index in [4.69, 9.17) is 4.74 Å². The fourth-order valence-electron chi connectivity index (χ4n) is 5.21. The predicted octanol–water partition coefficient (Wildman–Crippen LogP) is 4.31. The van der Waals surface area contributed by atoms with Gasteiger partial charge in [-0.15, -0.1) is 0 Å². The highest BCUT2D eigenvalue weighted by Crippen LogP contribution is 2.44. The van der Waals surface area contributed by atoms with Gasteiger partial charge in [0, 0.05) is 18.4 Å². The van der Waals surface area contributed by atoms with Crippen LogP contribution in [0.4, 0.5) is 4.79 Å². The number of carbonyl (C=O) groups is 3. The Bertz CT molecular complexity index is 1020. The minimum Gasteiger partial charge on any atom is -0.480 e. The van der Waals surface area contributed by atoms with Crippen molar-refractivity contribution >= 4 is 18.0 Å². The van der Waals surface area contributed by atoms with Crippen LogP contribution in [0.3, 0.4) is 0 Å². The molecule has 0 radical (unpaired) electrons. The van der Waals surface area contributed by atoms with Crippen molar-refractivity contribution in [3.63, 3.8) is 0 Å². The highest BCUT2D eigenvalue weighted by molar-refractivity contribution is 5.84. The van der Waals surface area contributed by atoms with Gasteiger partial charge < -0.3 is 20.5 Å². The fourth-order valence-corrected chi connectivity index (χ4v) is 5.21. The van der Waals surface area contributed by atoms with E-state index in [2.05, 4.69) is 34.9 Å². The van der Waals surface area contributed by atoms with E-state index < -0.39 is 18.1 Å². The fraction of sp³-hybridized carbons (Fsp3) is 0.444. The number of hydrogen-bond donors (Lipinski definition) is 3. The van der Waals surface area contributed by atoms with Crippen LogP contribution in [0.15, 0.2) is 48.5 Å². The lowest BCUT2D eigenvalue weighted by Gasteiger charge is -2.19. The number of fused-ring (bicyclic) bond motifs is 3. The lowest BCUT2D eigenvalue weighted by atomic mass is 9.98. The van der Waals surface area contributed by atoms with Gasteiger partial charge >= 0.3 is 12.1 Å². The third-order valence-corrected chi connectivity index (χ3v) is 6.93. The molecule has 3 N–H and O–H groups in total. The molecule has 2 aromatic carbocycles. The van der Waals surface area contributed by atoms with Crippen molar-refractivity contribution in [2.75, 3.05) is 6.61 Å². The minimum absolute atomic E-state index is 0.0151. The van der Waals surface area contributed by atoms with Crippen LogP contribution in [-0.4, -0.2) is 41.8 Å². The summed E-state index contributed by atoms with van der Waals surface area (Å²) in [6.45, 7) is 3.80. The van der Waals surface area contributed by atoms with Gasteiger partial charge in [0.15, 0.2) is 0 Å². The molecule has 2 amide bonds. The van der Waals surface area contributed by atoms with Crippen LogP contribution in [0, 0.1) is 11.8 Å². The predicted molar refractivity (Wildman–Crippen MR) is 128 cm³/mol. The molecule has 180 valence electrons. The first-order valence-electron chi connectivity index (χ1n) is 12.0. The number of carboxylic acids is 1. The van der Waals surface area contributed by atoms with Crippen molar-refractivity contribution in [1.29, 1.82) is 0 Å². The number of carboxylic acid groups (broad SMARTS) is 1. The van der Waals surface area contributed by atoms with E-state index in [0.29, 0.717) is 6.42 Å². The molecule has 0 saturated heterocycles. The van der Waals surface area contributed by atoms with Crippen molar-refractivity contribution in [3.05, 3.63) is 59.7 Å². The van der Waals surface area contributed by atoms with Crippen LogP contribution in [0.1, 0.15) is 56.6 Å². The number of ether oxygens (including phenoxy) is 1. The second kappa shape index (κ2) is 10.3. The molecule has 7 nitrogen and oxygen atoms in total. The summed E-state index contributed by atoms with van der Waals surface area (Å²) in [6.07, 6.45) is 2.08. The molecule has 34 heavy (non-hydrogen) atoms. The Kier molecular flexibility index (Phi) is 7.20. The van der Waals surface area contributed by atoms with E-state index in [1.807, 2.05) is 24.3 Å². The van der Waals surface area contributed by atoms with Gasteiger partial charge in [-0.3, -0.25) is 4.79 Å². The van der Waals surface area contributed by atoms with E-state index in [1.54, 1.807) is 13.8 Å². The lowest BCUT2D eigenvalue weighted by Crippen LogP contribution is -2.44. The summed E-state index contributed by atoms with van der Waals surface area (Å²) in [6, 6.07) is 15.5. The molecule has 2 aliphatic carbocycles. The zero-order valence-electron chi connectivity index (χ0n) is 19.6. The van der Waals surface area contributed by atoms with Crippen LogP contribution in [0.25, 0.3) is 11.1 Å². The number of alkyl carbamates (subject to hydrolysis) is 1. The van der Waals surface area contributed by atoms with Crippen LogP contribution in [0.5, 0.6) is 0 Å². The second-order valence-corrected chi connectivity index (χ2v) is 9.68. The Hall–Kier alpha value is -3.35. The van der Waals surface area contributed by atoms with Crippen molar-refractivity contribution < 1.29 is 24.2 Å². The Labute approximate surface area is 199 Å². The number of carbonyl (C=O) groups excluding carboxylic acids is 2. The summed E-state index contributed by atoms with van der Waals surface area (Å²) < 4.78 is 5.63. The second-order valence-electron chi connectivity index (χ2n) is 9.68. The van der Waals surface area contributed by atoms with Crippen LogP contribution >= 0.6 is 0 Å². The van der Waals surface area contributed by atoms with Gasteiger partial charge in [-0.25, -0.2) is 9.59 Å². The Balaban J connectivity index is 1.26. The van der Waals surface area contributed by atoms with Crippen LogP contribution < -0.4 is 10.6 Å². The van der Waals surface area contributed by atoms with E-state index in [1.165, 1.54) is 22.3 Å². The van der Waals surface area contributed by atoms with Crippen molar-refractivity contribution in [1.82, 2.24) is 10.6 Å². The molecule has 0 heterocycles. The summed E-state index contributed by atoms with van der Waals surface area (Å²) in [4.78, 5) is 36.1. The molecular formula is C27H32N2O5. The van der Waals surface area contributed by atoms with E-state index in [9.17, 15) is 19.5 Å². The third kappa shape index (κ3) is 5.24. The molecule has 0 aliphatic heterocycles. The third-order valence-electron chi connectivity index (χ3n) is 6.93. The number of rotatable bonds is 8. The Morgan fingerprint density at radius 3 is 2.21 bits per heavy atom. The van der Waals surface area contributed by atoms with Crippen LogP contribution in [0.2, 0.25) is 0 Å². The molecule has 2 aliphatic rings. The molecule has 7 heteroatoms. The largest absolute Gasteiger partial charge is 0.480 e. The standard InChI is InChI=1S/C27H32N2O5/c1-16(2)25(26(31)32)29-24(30)14-17-11-12-18(13-17)28-27(33)34-15-23-21-9-5-3-7-19(21)20-8-4-6-10-22(20)23/h3-10,16-18,23,25H,11-15H2,1-2H3,(H,28,33)(H,29,30)(H,31,32)/t17?,18?,25-/m1/s1. The van der Waals surface area contributed by atoms with Crippen LogP contribution in [-0.2, 0) is 14.3 Å². The van der Waals surface area contributed by atoms with Crippen molar-refractivity contribution in [2.45, 2.75) is 57.5 Å². The molecule has 1 fully saturated rings. The number of nitrogens with one attached hydrogen (secondary N) is 2. The number of benzene rings is 2. The summed E-state index contributed by atoms with van der Waals surface area (Å²) in [5, 5.41) is 14.8. The van der Waals surface area contributed by atoms with Gasteiger partial charge in [0.05, 0.1) is 0 Å². The summed E-state index contributed by atoms with van der Waals surface area (Å²) in [7, 11) is 0. The van der Waals surface area contributed by atoms with E-state index >= 15 is 0 Å². The van der Waals surface area contributed by atoms with Gasteiger partial charge in [-0.1, -0.05) is 62.4 Å². The van der Waals surface area contributed by atoms with Gasteiger partial charge in [-0.05, 0) is 53.4 Å². The topological polar surface area (TPSA) is 105 Å². The highest BCUT2D eigenvalue weighted by Gasteiger charge is 2.32. The summed E-state index contributed by atoms with van der Waals surface area (Å²) >= 11 is 0. The molecule has 0 spiro atoms. The average molecular weight is 465 g/mol. The maximum atomic E-state index is 12.5. The van der Waals surface area contributed by atoms with Gasteiger partial charge in [0.25, 0.3) is 0 Å². The van der Waals surface area contributed by atoms with Gasteiger partial charge in [0.2, 0.25) is 5.91 Å². The number of aliphatic carboxylic acids is 1. The number of amides is 2. The molecule has 4 rings (SSSR count). The Morgan fingerprint density at radius 2 is 1.62 bits per heavy atom. The van der Waals surface area contributed by atoms with Gasteiger partial charge in [-0.2, -0.15) is 0 Å². The summed E-state index contributed by atoms with van der Waals surface area (Å²) in [5.74, 6) is -1.34. The quantitative estimate of drug-likeness (QED) is 0.540.